The number of pyridine rings is 1. The van der Waals surface area contributed by atoms with E-state index in [2.05, 4.69) is 10.3 Å². The van der Waals surface area contributed by atoms with Crippen LogP contribution in [-0.2, 0) is 4.79 Å². The van der Waals surface area contributed by atoms with Gasteiger partial charge in [-0.25, -0.2) is 8.78 Å². The summed E-state index contributed by atoms with van der Waals surface area (Å²) in [5.74, 6) is 0.0313. The van der Waals surface area contributed by atoms with Gasteiger partial charge in [-0.15, -0.1) is 11.8 Å². The number of nitrogens with one attached hydrogen (secondary N) is 1. The van der Waals surface area contributed by atoms with Gasteiger partial charge in [-0.1, -0.05) is 6.07 Å². The minimum atomic E-state index is -2.66. The van der Waals surface area contributed by atoms with Gasteiger partial charge in [0.25, 0.3) is 12.3 Å². The summed E-state index contributed by atoms with van der Waals surface area (Å²) in [5, 5.41) is 11.8. The first-order valence-electron chi connectivity index (χ1n) is 7.73. The highest BCUT2D eigenvalue weighted by Gasteiger charge is 2.29. The lowest BCUT2D eigenvalue weighted by atomic mass is 10.1. The Morgan fingerprint density at radius 3 is 2.96 bits per heavy atom. The number of nitriles is 1. The monoisotopic (exact) mass is 376 g/mol. The van der Waals surface area contributed by atoms with Crippen LogP contribution in [0, 0.1) is 11.3 Å². The molecule has 0 saturated carbocycles. The number of alkyl halides is 2. The molecule has 2 amide bonds. The molecule has 26 heavy (non-hydrogen) atoms. The van der Waals surface area contributed by atoms with E-state index in [1.807, 2.05) is 6.07 Å². The first-order valence-corrected chi connectivity index (χ1v) is 8.88. The van der Waals surface area contributed by atoms with Crippen LogP contribution in [0.5, 0.6) is 0 Å². The molecule has 1 N–H and O–H groups in total. The molecule has 0 bridgehead atoms. The maximum absolute atomic E-state index is 12.9. The second-order valence-corrected chi connectivity index (χ2v) is 6.63. The Morgan fingerprint density at radius 1 is 1.42 bits per heavy atom. The van der Waals surface area contributed by atoms with Gasteiger partial charge >= 0.3 is 0 Å². The number of amides is 2. The van der Waals surface area contributed by atoms with Crippen molar-refractivity contribution in [3.05, 3.63) is 41.6 Å². The van der Waals surface area contributed by atoms with Crippen molar-refractivity contribution >= 4 is 34.5 Å². The molecule has 0 spiro atoms. The molecular weight excluding hydrogens is 362 g/mol. The molecular formula is C17H14F2N4O2S. The van der Waals surface area contributed by atoms with Crippen molar-refractivity contribution in [1.29, 1.82) is 5.26 Å². The predicted molar refractivity (Wildman–Crippen MR) is 92.6 cm³/mol. The van der Waals surface area contributed by atoms with E-state index in [0.717, 1.165) is 0 Å². The van der Waals surface area contributed by atoms with Crippen LogP contribution in [0.25, 0.3) is 10.9 Å². The minimum absolute atomic E-state index is 0.165. The van der Waals surface area contributed by atoms with Crippen LogP contribution in [-0.4, -0.2) is 45.9 Å². The van der Waals surface area contributed by atoms with Crippen LogP contribution < -0.4 is 5.32 Å². The summed E-state index contributed by atoms with van der Waals surface area (Å²) in [4.78, 5) is 30.1. The highest BCUT2D eigenvalue weighted by Crippen LogP contribution is 2.25. The number of benzene rings is 1. The van der Waals surface area contributed by atoms with Gasteiger partial charge in [0.1, 0.15) is 6.04 Å². The average Bonchev–Trinajstić information content (AvgIpc) is 3.13. The number of nitrogens with zero attached hydrogens (tertiary/aromatic N) is 3. The lowest BCUT2D eigenvalue weighted by molar-refractivity contribution is -0.129. The van der Waals surface area contributed by atoms with Crippen molar-refractivity contribution in [3.8, 4) is 6.07 Å². The standard InChI is InChI=1S/C17H14F2N4O2S/c18-16(19)10-1-2-14-13(5-10)12(3-4-21-14)17(25)22-7-15(24)23-9-26-8-11(23)6-20/h1-5,11,16H,7-9H2,(H,22,25). The molecule has 1 aromatic carbocycles. The number of hydrogen-bond acceptors (Lipinski definition) is 5. The molecule has 1 aliphatic rings. The summed E-state index contributed by atoms with van der Waals surface area (Å²) in [7, 11) is 0. The molecule has 134 valence electrons. The van der Waals surface area contributed by atoms with Crippen LogP contribution in [0.3, 0.4) is 0 Å². The number of carbonyl (C=O) groups is 2. The van der Waals surface area contributed by atoms with Crippen LogP contribution in [0.4, 0.5) is 8.78 Å². The van der Waals surface area contributed by atoms with E-state index < -0.39 is 18.4 Å². The fraction of sp³-hybridized carbons (Fsp3) is 0.294. The zero-order valence-electron chi connectivity index (χ0n) is 13.5. The third-order valence-electron chi connectivity index (χ3n) is 4.01. The second-order valence-electron chi connectivity index (χ2n) is 5.63. The van der Waals surface area contributed by atoms with E-state index in [9.17, 15) is 18.4 Å². The second kappa shape index (κ2) is 7.66. The lowest BCUT2D eigenvalue weighted by Gasteiger charge is -2.18. The number of carbonyl (C=O) groups excluding carboxylic acids is 2. The summed E-state index contributed by atoms with van der Waals surface area (Å²) in [6.45, 7) is -0.268. The van der Waals surface area contributed by atoms with E-state index in [-0.39, 0.29) is 23.6 Å². The minimum Gasteiger partial charge on any atom is -0.343 e. The predicted octanol–water partition coefficient (Wildman–Crippen LogP) is 2.33. The molecule has 2 aromatic rings. The Balaban J connectivity index is 1.76. The third-order valence-corrected chi connectivity index (χ3v) is 5.03. The molecule has 1 atom stereocenters. The Hall–Kier alpha value is -2.73. The largest absolute Gasteiger partial charge is 0.343 e. The zero-order valence-corrected chi connectivity index (χ0v) is 14.3. The molecule has 0 radical (unpaired) electrons. The molecule has 2 heterocycles. The summed E-state index contributed by atoms with van der Waals surface area (Å²) in [6.07, 6.45) is -1.25. The average molecular weight is 376 g/mol. The molecule has 6 nitrogen and oxygen atoms in total. The fourth-order valence-electron chi connectivity index (χ4n) is 2.65. The number of hydrogen-bond donors (Lipinski definition) is 1. The van der Waals surface area contributed by atoms with Gasteiger partial charge in [0.2, 0.25) is 5.91 Å². The Kier molecular flexibility index (Phi) is 5.32. The summed E-state index contributed by atoms with van der Waals surface area (Å²) in [5.41, 5.74) is 0.369. The van der Waals surface area contributed by atoms with Crippen molar-refractivity contribution < 1.29 is 18.4 Å². The van der Waals surface area contributed by atoms with E-state index >= 15 is 0 Å². The number of rotatable bonds is 4. The molecule has 1 aliphatic heterocycles. The smallest absolute Gasteiger partial charge is 0.263 e. The maximum atomic E-state index is 12.9. The van der Waals surface area contributed by atoms with Gasteiger partial charge in [0.15, 0.2) is 0 Å². The highest BCUT2D eigenvalue weighted by atomic mass is 32.2. The van der Waals surface area contributed by atoms with Gasteiger partial charge < -0.3 is 10.2 Å². The van der Waals surface area contributed by atoms with Gasteiger partial charge in [-0.05, 0) is 18.2 Å². The number of aromatic nitrogens is 1. The Bertz CT molecular complexity index is 900. The Labute approximate surface area is 152 Å². The highest BCUT2D eigenvalue weighted by molar-refractivity contribution is 7.99. The first kappa shape index (κ1) is 18.1. The maximum Gasteiger partial charge on any atom is 0.263 e. The molecule has 1 unspecified atom stereocenters. The Morgan fingerprint density at radius 2 is 2.23 bits per heavy atom. The van der Waals surface area contributed by atoms with Gasteiger partial charge in [0, 0.05) is 22.9 Å². The van der Waals surface area contributed by atoms with Gasteiger partial charge in [-0.2, -0.15) is 5.26 Å². The quantitative estimate of drug-likeness (QED) is 0.885. The van der Waals surface area contributed by atoms with Crippen LogP contribution in [0.2, 0.25) is 0 Å². The molecule has 1 saturated heterocycles. The number of halogens is 2. The molecule has 1 fully saturated rings. The summed E-state index contributed by atoms with van der Waals surface area (Å²) >= 11 is 1.47. The van der Waals surface area contributed by atoms with Crippen LogP contribution in [0.15, 0.2) is 30.5 Å². The normalized spacial score (nSPS) is 16.7. The molecule has 0 aliphatic carbocycles. The van der Waals surface area contributed by atoms with Crippen molar-refractivity contribution in [2.24, 2.45) is 0 Å². The number of thioether (sulfide) groups is 1. The van der Waals surface area contributed by atoms with E-state index in [0.29, 0.717) is 22.5 Å². The third kappa shape index (κ3) is 3.60. The topological polar surface area (TPSA) is 86.1 Å². The van der Waals surface area contributed by atoms with Crippen molar-refractivity contribution in [2.75, 3.05) is 18.2 Å². The van der Waals surface area contributed by atoms with Gasteiger partial charge in [-0.3, -0.25) is 14.6 Å². The number of fused-ring (bicyclic) bond motifs is 1. The van der Waals surface area contributed by atoms with Crippen molar-refractivity contribution in [1.82, 2.24) is 15.2 Å². The van der Waals surface area contributed by atoms with E-state index in [4.69, 9.17) is 5.26 Å². The molecule has 3 rings (SSSR count). The van der Waals surface area contributed by atoms with E-state index in [1.54, 1.807) is 0 Å². The summed E-state index contributed by atoms with van der Waals surface area (Å²) in [6, 6.07) is 6.88. The van der Waals surface area contributed by atoms with Crippen molar-refractivity contribution in [3.63, 3.8) is 0 Å². The fourth-order valence-corrected chi connectivity index (χ4v) is 3.75. The molecule has 1 aromatic heterocycles. The first-order chi connectivity index (χ1) is 12.5. The van der Waals surface area contributed by atoms with E-state index in [1.165, 1.54) is 47.1 Å². The van der Waals surface area contributed by atoms with Crippen LogP contribution >= 0.6 is 11.8 Å². The summed E-state index contributed by atoms with van der Waals surface area (Å²) < 4.78 is 25.9. The zero-order chi connectivity index (χ0) is 18.7. The lowest BCUT2D eigenvalue weighted by Crippen LogP contribution is -2.42. The van der Waals surface area contributed by atoms with Crippen LogP contribution in [0.1, 0.15) is 22.3 Å². The van der Waals surface area contributed by atoms with Crippen molar-refractivity contribution in [2.45, 2.75) is 12.5 Å². The molecule has 9 heteroatoms. The van der Waals surface area contributed by atoms with Gasteiger partial charge in [0.05, 0.1) is 29.6 Å². The SMILES string of the molecule is N#CC1CSCN1C(=O)CNC(=O)c1ccnc2ccc(C(F)F)cc12.